The third-order valence-electron chi connectivity index (χ3n) is 3.13. The average molecular weight is 289 g/mol. The number of halogens is 1. The molecule has 0 radical (unpaired) electrons. The van der Waals surface area contributed by atoms with E-state index in [1.54, 1.807) is 14.2 Å². The molecule has 0 saturated heterocycles. The van der Waals surface area contributed by atoms with Crippen LogP contribution in [-0.2, 0) is 0 Å². The first-order valence-corrected chi connectivity index (χ1v) is 6.47. The fraction of sp³-hybridized carbons (Fsp3) is 0.133. The van der Waals surface area contributed by atoms with Gasteiger partial charge in [0.05, 0.1) is 30.3 Å². The molecule has 1 heterocycles. The number of benzene rings is 2. The van der Waals surface area contributed by atoms with E-state index in [0.717, 1.165) is 28.1 Å². The van der Waals surface area contributed by atoms with Gasteiger partial charge in [-0.05, 0) is 30.3 Å². The molecule has 3 rings (SSSR count). The molecule has 0 bridgehead atoms. The second-order valence-electron chi connectivity index (χ2n) is 4.29. The fourth-order valence-electron chi connectivity index (χ4n) is 2.12. The van der Waals surface area contributed by atoms with E-state index in [1.165, 1.54) is 0 Å². The Kier molecular flexibility index (Phi) is 3.24. The molecule has 5 heteroatoms. The molecule has 1 aromatic heterocycles. The minimum atomic E-state index is 0.617. The van der Waals surface area contributed by atoms with Crippen molar-refractivity contribution in [3.05, 3.63) is 41.4 Å². The Bertz CT molecular complexity index is 768. The Morgan fingerprint density at radius 1 is 1.10 bits per heavy atom. The molecule has 0 atom stereocenters. The lowest BCUT2D eigenvalue weighted by atomic mass is 10.2. The summed E-state index contributed by atoms with van der Waals surface area (Å²) in [7, 11) is 3.25. The van der Waals surface area contributed by atoms with Crippen molar-refractivity contribution < 1.29 is 9.47 Å². The summed E-state index contributed by atoms with van der Waals surface area (Å²) in [5.41, 5.74) is 2.46. The maximum absolute atomic E-state index is 6.15. The number of hydrogen-bond donors (Lipinski definition) is 1. The van der Waals surface area contributed by atoms with Gasteiger partial charge in [-0.3, -0.25) is 0 Å². The Morgan fingerprint density at radius 3 is 2.65 bits per heavy atom. The second-order valence-corrected chi connectivity index (χ2v) is 4.69. The van der Waals surface area contributed by atoms with Crippen molar-refractivity contribution in [2.75, 3.05) is 14.2 Å². The molecule has 0 fully saturated rings. The summed E-state index contributed by atoms with van der Waals surface area (Å²) in [6, 6.07) is 11.2. The van der Waals surface area contributed by atoms with Gasteiger partial charge in [-0.15, -0.1) is 0 Å². The van der Waals surface area contributed by atoms with E-state index in [1.807, 2.05) is 36.4 Å². The minimum Gasteiger partial charge on any atom is -0.497 e. The SMILES string of the molecule is COc1ccc(OC)c(-c2nc3c(Cl)cccc3[nH]2)c1. The number of aromatic nitrogens is 2. The van der Waals surface area contributed by atoms with Gasteiger partial charge in [0.25, 0.3) is 0 Å². The average Bonchev–Trinajstić information content (AvgIpc) is 2.92. The summed E-state index contributed by atoms with van der Waals surface area (Å²) in [4.78, 5) is 7.79. The lowest BCUT2D eigenvalue weighted by Gasteiger charge is -2.08. The van der Waals surface area contributed by atoms with Gasteiger partial charge < -0.3 is 14.5 Å². The molecule has 2 aromatic carbocycles. The summed E-state index contributed by atoms with van der Waals surface area (Å²) in [5, 5.41) is 0.617. The molecule has 4 nitrogen and oxygen atoms in total. The van der Waals surface area contributed by atoms with Crippen LogP contribution in [0.1, 0.15) is 0 Å². The van der Waals surface area contributed by atoms with E-state index in [-0.39, 0.29) is 0 Å². The first-order chi connectivity index (χ1) is 9.72. The van der Waals surface area contributed by atoms with E-state index in [0.29, 0.717) is 10.8 Å². The number of nitrogens with one attached hydrogen (secondary N) is 1. The molecule has 0 aliphatic rings. The van der Waals surface area contributed by atoms with Crippen LogP contribution in [-0.4, -0.2) is 24.2 Å². The first-order valence-electron chi connectivity index (χ1n) is 6.09. The number of ether oxygens (including phenoxy) is 2. The molecular formula is C15H13ClN2O2. The lowest BCUT2D eigenvalue weighted by Crippen LogP contribution is -1.91. The molecule has 0 unspecified atom stereocenters. The molecule has 0 aliphatic heterocycles. The predicted molar refractivity (Wildman–Crippen MR) is 79.6 cm³/mol. The van der Waals surface area contributed by atoms with Gasteiger partial charge in [-0.2, -0.15) is 0 Å². The Labute approximate surface area is 121 Å². The van der Waals surface area contributed by atoms with Crippen molar-refractivity contribution in [3.63, 3.8) is 0 Å². The van der Waals surface area contributed by atoms with Gasteiger partial charge in [-0.1, -0.05) is 17.7 Å². The second kappa shape index (κ2) is 5.06. The number of H-pyrrole nitrogens is 1. The Balaban J connectivity index is 2.21. The lowest BCUT2D eigenvalue weighted by molar-refractivity contribution is 0.404. The number of rotatable bonds is 3. The number of aromatic amines is 1. The zero-order valence-electron chi connectivity index (χ0n) is 11.1. The first kappa shape index (κ1) is 12.8. The van der Waals surface area contributed by atoms with Gasteiger partial charge in [0, 0.05) is 0 Å². The van der Waals surface area contributed by atoms with Crippen LogP contribution in [0.4, 0.5) is 0 Å². The van der Waals surface area contributed by atoms with E-state index in [4.69, 9.17) is 21.1 Å². The van der Waals surface area contributed by atoms with E-state index < -0.39 is 0 Å². The molecule has 0 aliphatic carbocycles. The number of fused-ring (bicyclic) bond motifs is 1. The van der Waals surface area contributed by atoms with Crippen molar-refractivity contribution in [2.45, 2.75) is 0 Å². The van der Waals surface area contributed by atoms with Gasteiger partial charge in [0.1, 0.15) is 22.8 Å². The van der Waals surface area contributed by atoms with Crippen LogP contribution in [0.15, 0.2) is 36.4 Å². The molecule has 0 amide bonds. The molecule has 0 spiro atoms. The standard InChI is InChI=1S/C15H13ClN2O2/c1-19-9-6-7-13(20-2)10(8-9)15-17-12-5-3-4-11(16)14(12)18-15/h3-8H,1-2H3,(H,17,18). The molecule has 0 saturated carbocycles. The highest BCUT2D eigenvalue weighted by atomic mass is 35.5. The highest BCUT2D eigenvalue weighted by molar-refractivity contribution is 6.35. The van der Waals surface area contributed by atoms with Crippen LogP contribution in [0.2, 0.25) is 5.02 Å². The van der Waals surface area contributed by atoms with Crippen molar-refractivity contribution in [2.24, 2.45) is 0 Å². The maximum Gasteiger partial charge on any atom is 0.142 e. The number of methoxy groups -OCH3 is 2. The van der Waals surface area contributed by atoms with Gasteiger partial charge in [-0.25, -0.2) is 4.98 Å². The van der Waals surface area contributed by atoms with Crippen LogP contribution in [0.3, 0.4) is 0 Å². The largest absolute Gasteiger partial charge is 0.497 e. The van der Waals surface area contributed by atoms with Gasteiger partial charge in [0.15, 0.2) is 0 Å². The highest BCUT2D eigenvalue weighted by Crippen LogP contribution is 2.33. The smallest absolute Gasteiger partial charge is 0.142 e. The van der Waals surface area contributed by atoms with E-state index in [9.17, 15) is 0 Å². The molecule has 102 valence electrons. The highest BCUT2D eigenvalue weighted by Gasteiger charge is 2.13. The summed E-state index contributed by atoms with van der Waals surface area (Å²) in [5.74, 6) is 2.16. The van der Waals surface area contributed by atoms with Gasteiger partial charge >= 0.3 is 0 Å². The predicted octanol–water partition coefficient (Wildman–Crippen LogP) is 3.90. The number of imidazole rings is 1. The maximum atomic E-state index is 6.15. The van der Waals surface area contributed by atoms with Gasteiger partial charge in [0.2, 0.25) is 0 Å². The van der Waals surface area contributed by atoms with Crippen LogP contribution in [0.5, 0.6) is 11.5 Å². The minimum absolute atomic E-state index is 0.617. The number of nitrogens with zero attached hydrogens (tertiary/aromatic N) is 1. The number of hydrogen-bond acceptors (Lipinski definition) is 3. The summed E-state index contributed by atoms with van der Waals surface area (Å²) in [6.45, 7) is 0. The van der Waals surface area contributed by atoms with Crippen LogP contribution < -0.4 is 9.47 Å². The zero-order valence-corrected chi connectivity index (χ0v) is 11.9. The van der Waals surface area contributed by atoms with Crippen molar-refractivity contribution in [1.82, 2.24) is 9.97 Å². The summed E-state index contributed by atoms with van der Waals surface area (Å²) in [6.07, 6.45) is 0. The zero-order chi connectivity index (χ0) is 14.1. The Morgan fingerprint density at radius 2 is 1.95 bits per heavy atom. The van der Waals surface area contributed by atoms with E-state index >= 15 is 0 Å². The van der Waals surface area contributed by atoms with E-state index in [2.05, 4.69) is 9.97 Å². The fourth-order valence-corrected chi connectivity index (χ4v) is 2.34. The molecular weight excluding hydrogens is 276 g/mol. The van der Waals surface area contributed by atoms with Crippen LogP contribution >= 0.6 is 11.6 Å². The quantitative estimate of drug-likeness (QED) is 0.795. The monoisotopic (exact) mass is 288 g/mol. The number of para-hydroxylation sites is 1. The van der Waals surface area contributed by atoms with Crippen LogP contribution in [0.25, 0.3) is 22.4 Å². The Hall–Kier alpha value is -2.20. The topological polar surface area (TPSA) is 47.1 Å². The van der Waals surface area contributed by atoms with Crippen molar-refractivity contribution >= 4 is 22.6 Å². The van der Waals surface area contributed by atoms with Crippen molar-refractivity contribution in [1.29, 1.82) is 0 Å². The summed E-state index contributed by atoms with van der Waals surface area (Å²) >= 11 is 6.15. The van der Waals surface area contributed by atoms with Crippen LogP contribution in [0, 0.1) is 0 Å². The molecule has 3 aromatic rings. The third-order valence-corrected chi connectivity index (χ3v) is 3.43. The van der Waals surface area contributed by atoms with Crippen molar-refractivity contribution in [3.8, 4) is 22.9 Å². The molecule has 20 heavy (non-hydrogen) atoms. The summed E-state index contributed by atoms with van der Waals surface area (Å²) < 4.78 is 10.6. The molecule has 1 N–H and O–H groups in total. The third kappa shape index (κ3) is 2.08. The normalized spacial score (nSPS) is 10.8.